The van der Waals surface area contributed by atoms with Crippen LogP contribution in [0.3, 0.4) is 0 Å². The van der Waals surface area contributed by atoms with E-state index in [9.17, 15) is 9.59 Å². The minimum absolute atomic E-state index is 0.0549. The van der Waals surface area contributed by atoms with E-state index in [1.54, 1.807) is 7.11 Å². The third kappa shape index (κ3) is 5.07. The van der Waals surface area contributed by atoms with Gasteiger partial charge in [0.1, 0.15) is 11.8 Å². The van der Waals surface area contributed by atoms with Crippen LogP contribution in [-0.4, -0.2) is 54.9 Å². The maximum Gasteiger partial charge on any atom is 0.246 e. The van der Waals surface area contributed by atoms with E-state index in [0.29, 0.717) is 5.91 Å². The van der Waals surface area contributed by atoms with Crippen molar-refractivity contribution in [3.8, 4) is 5.75 Å². The van der Waals surface area contributed by atoms with Gasteiger partial charge < -0.3 is 15.0 Å². The summed E-state index contributed by atoms with van der Waals surface area (Å²) in [7, 11) is 1.62. The lowest BCUT2D eigenvalue weighted by Gasteiger charge is -2.37. The fourth-order valence-electron chi connectivity index (χ4n) is 4.65. The maximum absolute atomic E-state index is 13.3. The molecule has 0 saturated carbocycles. The molecule has 0 radical (unpaired) electrons. The molecule has 164 valence electrons. The van der Waals surface area contributed by atoms with Gasteiger partial charge in [-0.1, -0.05) is 30.3 Å². The molecule has 1 atom stereocenters. The van der Waals surface area contributed by atoms with Crippen molar-refractivity contribution in [3.05, 3.63) is 60.2 Å². The third-order valence-corrected chi connectivity index (χ3v) is 6.38. The van der Waals surface area contributed by atoms with Crippen LogP contribution in [0.25, 0.3) is 0 Å². The number of nitrogens with zero attached hydrogens (tertiary/aromatic N) is 2. The van der Waals surface area contributed by atoms with Gasteiger partial charge in [-0.25, -0.2) is 0 Å². The Morgan fingerprint density at radius 1 is 0.935 bits per heavy atom. The molecule has 2 amide bonds. The second-order valence-electron chi connectivity index (χ2n) is 8.37. The number of benzene rings is 2. The van der Waals surface area contributed by atoms with Gasteiger partial charge in [-0.05, 0) is 68.6 Å². The Bertz CT molecular complexity index is 871. The topological polar surface area (TPSA) is 61.9 Å². The number of anilines is 1. The lowest BCUT2D eigenvalue weighted by molar-refractivity contribution is -0.136. The molecule has 6 heteroatoms. The molecule has 0 aliphatic carbocycles. The first-order valence-electron chi connectivity index (χ1n) is 11.2. The summed E-state index contributed by atoms with van der Waals surface area (Å²) >= 11 is 0. The van der Waals surface area contributed by atoms with Gasteiger partial charge in [0.15, 0.2) is 0 Å². The largest absolute Gasteiger partial charge is 0.497 e. The van der Waals surface area contributed by atoms with Gasteiger partial charge in [-0.15, -0.1) is 0 Å². The molecular formula is C25H31N3O3. The molecule has 0 spiro atoms. The van der Waals surface area contributed by atoms with Crippen LogP contribution >= 0.6 is 0 Å². The molecule has 2 aliphatic rings. The standard InChI is InChI=1S/C25H31N3O3/c1-31-22-11-9-21(10-12-22)26-24(29)23(19-7-3-2-4-8-19)27-17-13-20(14-18-27)25(30)28-15-5-6-16-28/h2-4,7-12,20,23H,5-6,13-18H2,1H3,(H,26,29). The van der Waals surface area contributed by atoms with Gasteiger partial charge in [0, 0.05) is 24.7 Å². The van der Waals surface area contributed by atoms with E-state index in [1.165, 1.54) is 0 Å². The number of nitrogens with one attached hydrogen (secondary N) is 1. The smallest absolute Gasteiger partial charge is 0.246 e. The molecule has 4 rings (SSSR count). The molecule has 2 aliphatic heterocycles. The van der Waals surface area contributed by atoms with E-state index in [1.807, 2.05) is 59.5 Å². The summed E-state index contributed by atoms with van der Waals surface area (Å²) in [4.78, 5) is 30.4. The molecule has 1 unspecified atom stereocenters. The average Bonchev–Trinajstić information content (AvgIpc) is 3.35. The Morgan fingerprint density at radius 2 is 1.58 bits per heavy atom. The van der Waals surface area contributed by atoms with Crippen LogP contribution in [0.4, 0.5) is 5.69 Å². The summed E-state index contributed by atoms with van der Waals surface area (Å²) < 4.78 is 5.20. The van der Waals surface area contributed by atoms with E-state index >= 15 is 0 Å². The highest BCUT2D eigenvalue weighted by Crippen LogP contribution is 2.30. The molecule has 2 fully saturated rings. The van der Waals surface area contributed by atoms with Crippen LogP contribution in [0.2, 0.25) is 0 Å². The van der Waals surface area contributed by atoms with Crippen molar-refractivity contribution in [2.24, 2.45) is 5.92 Å². The minimum atomic E-state index is -0.383. The normalized spacial score (nSPS) is 18.5. The van der Waals surface area contributed by atoms with E-state index in [-0.39, 0.29) is 17.9 Å². The van der Waals surface area contributed by atoms with E-state index in [0.717, 1.165) is 68.9 Å². The Morgan fingerprint density at radius 3 is 2.19 bits per heavy atom. The van der Waals surface area contributed by atoms with Crippen LogP contribution < -0.4 is 10.1 Å². The van der Waals surface area contributed by atoms with Gasteiger partial charge >= 0.3 is 0 Å². The SMILES string of the molecule is COc1ccc(NC(=O)C(c2ccccc2)N2CCC(C(=O)N3CCCC3)CC2)cc1. The average molecular weight is 422 g/mol. The number of hydrogen-bond donors (Lipinski definition) is 1. The van der Waals surface area contributed by atoms with E-state index < -0.39 is 0 Å². The molecule has 2 aromatic carbocycles. The monoisotopic (exact) mass is 421 g/mol. The Labute approximate surface area is 184 Å². The Kier molecular flexibility index (Phi) is 6.87. The molecular weight excluding hydrogens is 390 g/mol. The van der Waals surface area contributed by atoms with Crippen molar-refractivity contribution in [2.75, 3.05) is 38.6 Å². The quantitative estimate of drug-likeness (QED) is 0.772. The Hall–Kier alpha value is -2.86. The molecule has 2 aromatic rings. The first kappa shape index (κ1) is 21.4. The fourth-order valence-corrected chi connectivity index (χ4v) is 4.65. The molecule has 2 heterocycles. The van der Waals surface area contributed by atoms with Crippen LogP contribution in [-0.2, 0) is 9.59 Å². The third-order valence-electron chi connectivity index (χ3n) is 6.38. The first-order chi connectivity index (χ1) is 15.2. The molecule has 1 N–H and O–H groups in total. The zero-order chi connectivity index (χ0) is 21.6. The fraction of sp³-hybridized carbons (Fsp3) is 0.440. The summed E-state index contributed by atoms with van der Waals surface area (Å²) in [5, 5.41) is 3.06. The first-order valence-corrected chi connectivity index (χ1v) is 11.2. The number of likely N-dealkylation sites (tertiary alicyclic amines) is 2. The second-order valence-corrected chi connectivity index (χ2v) is 8.37. The Balaban J connectivity index is 1.45. The minimum Gasteiger partial charge on any atom is -0.497 e. The summed E-state index contributed by atoms with van der Waals surface area (Å²) in [5.41, 5.74) is 1.71. The van der Waals surface area contributed by atoms with Crippen LogP contribution in [0.15, 0.2) is 54.6 Å². The van der Waals surface area contributed by atoms with Gasteiger partial charge in [0.25, 0.3) is 0 Å². The van der Waals surface area contributed by atoms with Crippen molar-refractivity contribution < 1.29 is 14.3 Å². The van der Waals surface area contributed by atoms with Gasteiger partial charge in [-0.3, -0.25) is 14.5 Å². The van der Waals surface area contributed by atoms with Crippen molar-refractivity contribution >= 4 is 17.5 Å². The van der Waals surface area contributed by atoms with E-state index in [4.69, 9.17) is 4.74 Å². The van der Waals surface area contributed by atoms with Gasteiger partial charge in [0.05, 0.1) is 7.11 Å². The highest BCUT2D eigenvalue weighted by molar-refractivity contribution is 5.95. The molecule has 6 nitrogen and oxygen atoms in total. The zero-order valence-electron chi connectivity index (χ0n) is 18.1. The van der Waals surface area contributed by atoms with Gasteiger partial charge in [0.2, 0.25) is 11.8 Å². The molecule has 0 bridgehead atoms. The van der Waals surface area contributed by atoms with Crippen molar-refractivity contribution in [1.29, 1.82) is 0 Å². The maximum atomic E-state index is 13.3. The number of methoxy groups -OCH3 is 1. The van der Waals surface area contributed by atoms with Crippen LogP contribution in [0.5, 0.6) is 5.75 Å². The predicted octanol–water partition coefficient (Wildman–Crippen LogP) is 3.71. The highest BCUT2D eigenvalue weighted by Gasteiger charge is 2.35. The molecule has 0 aromatic heterocycles. The number of hydrogen-bond acceptors (Lipinski definition) is 4. The zero-order valence-corrected chi connectivity index (χ0v) is 18.1. The number of amides is 2. The second kappa shape index (κ2) is 9.96. The number of carbonyl (C=O) groups excluding carboxylic acids is 2. The lowest BCUT2D eigenvalue weighted by Crippen LogP contribution is -2.45. The predicted molar refractivity (Wildman–Crippen MR) is 121 cm³/mol. The number of piperidine rings is 1. The van der Waals surface area contributed by atoms with Crippen molar-refractivity contribution in [1.82, 2.24) is 9.80 Å². The van der Waals surface area contributed by atoms with Crippen LogP contribution in [0, 0.1) is 5.92 Å². The van der Waals surface area contributed by atoms with Crippen molar-refractivity contribution in [3.63, 3.8) is 0 Å². The summed E-state index contributed by atoms with van der Waals surface area (Å²) in [5.74, 6) is 1.08. The van der Waals surface area contributed by atoms with E-state index in [2.05, 4.69) is 10.2 Å². The molecule has 31 heavy (non-hydrogen) atoms. The highest BCUT2D eigenvalue weighted by atomic mass is 16.5. The van der Waals surface area contributed by atoms with Gasteiger partial charge in [-0.2, -0.15) is 0 Å². The number of rotatable bonds is 6. The number of carbonyl (C=O) groups is 2. The summed E-state index contributed by atoms with van der Waals surface area (Å²) in [6.45, 7) is 3.27. The van der Waals surface area contributed by atoms with Crippen LogP contribution in [0.1, 0.15) is 37.3 Å². The summed E-state index contributed by atoms with van der Waals surface area (Å²) in [6.07, 6.45) is 3.83. The number of ether oxygens (including phenoxy) is 1. The lowest BCUT2D eigenvalue weighted by atomic mass is 9.92. The summed E-state index contributed by atoms with van der Waals surface area (Å²) in [6, 6.07) is 16.9. The molecule has 2 saturated heterocycles. The van der Waals surface area contributed by atoms with Crippen molar-refractivity contribution in [2.45, 2.75) is 31.7 Å².